The minimum absolute atomic E-state index is 0.0204. The maximum atomic E-state index is 13.9. The Morgan fingerprint density at radius 3 is 2.70 bits per heavy atom. The van der Waals surface area contributed by atoms with Crippen molar-refractivity contribution in [2.24, 2.45) is 0 Å². The van der Waals surface area contributed by atoms with Crippen molar-refractivity contribution in [3.8, 4) is 0 Å². The summed E-state index contributed by atoms with van der Waals surface area (Å²) in [6.07, 6.45) is 4.60. The molecular weight excluding hydrogens is 322 g/mol. The smallest absolute Gasteiger partial charge is 0.151 e. The number of hydrogen-bond acceptors (Lipinski definition) is 4. The summed E-state index contributed by atoms with van der Waals surface area (Å²) in [5.74, 6) is -1.14. The third kappa shape index (κ3) is 3.66. The van der Waals surface area contributed by atoms with E-state index in [-0.39, 0.29) is 17.3 Å². The monoisotopic (exact) mass is 344 g/mol. The number of nitrogens with one attached hydrogen (secondary N) is 1. The first-order valence-electron chi connectivity index (χ1n) is 7.99. The van der Waals surface area contributed by atoms with Gasteiger partial charge in [-0.25, -0.2) is 17.2 Å². The van der Waals surface area contributed by atoms with Gasteiger partial charge in [0.1, 0.15) is 11.6 Å². The van der Waals surface area contributed by atoms with Gasteiger partial charge in [0.25, 0.3) is 0 Å². The molecule has 0 spiro atoms. The second-order valence-electron chi connectivity index (χ2n) is 6.60. The molecule has 0 bridgehead atoms. The summed E-state index contributed by atoms with van der Waals surface area (Å²) in [5, 5.41) is 3.13. The first-order valence-corrected chi connectivity index (χ1v) is 9.95. The lowest BCUT2D eigenvalue weighted by Crippen LogP contribution is -2.46. The van der Waals surface area contributed by atoms with Gasteiger partial charge in [-0.15, -0.1) is 0 Å². The van der Waals surface area contributed by atoms with Crippen LogP contribution in [0.15, 0.2) is 18.2 Å². The fraction of sp³-hybridized carbons (Fsp3) is 0.625. The van der Waals surface area contributed by atoms with Gasteiger partial charge in [-0.1, -0.05) is 6.42 Å². The topological polar surface area (TPSA) is 49.4 Å². The van der Waals surface area contributed by atoms with Crippen LogP contribution in [0.1, 0.15) is 25.7 Å². The highest BCUT2D eigenvalue weighted by atomic mass is 32.2. The standard InChI is InChI=1S/C16H22F2N2O2S/c1-23(21,22)16-4-2-3-14(16)19-12-7-8-20(10-12)15-6-5-11(17)9-13(15)18/h5-6,9,12,14,16,19H,2-4,7-8,10H2,1H3/t12-,14-,16-/m1/s1. The van der Waals surface area contributed by atoms with Crippen LogP contribution >= 0.6 is 0 Å². The van der Waals surface area contributed by atoms with E-state index in [9.17, 15) is 17.2 Å². The highest BCUT2D eigenvalue weighted by molar-refractivity contribution is 7.91. The Morgan fingerprint density at radius 2 is 2.00 bits per heavy atom. The third-order valence-electron chi connectivity index (χ3n) is 4.89. The van der Waals surface area contributed by atoms with Crippen molar-refractivity contribution in [2.45, 2.75) is 43.0 Å². The predicted octanol–water partition coefficient (Wildman–Crippen LogP) is 2.10. The van der Waals surface area contributed by atoms with E-state index in [0.29, 0.717) is 25.2 Å². The van der Waals surface area contributed by atoms with Crippen LogP contribution in [-0.4, -0.2) is 45.1 Å². The van der Waals surface area contributed by atoms with Gasteiger partial charge in [0.15, 0.2) is 9.84 Å². The molecule has 1 aromatic carbocycles. The Bertz CT molecular complexity index is 681. The predicted molar refractivity (Wildman–Crippen MR) is 86.4 cm³/mol. The molecule has 128 valence electrons. The molecule has 3 atom stereocenters. The van der Waals surface area contributed by atoms with E-state index in [1.54, 1.807) is 0 Å². The molecule has 23 heavy (non-hydrogen) atoms. The number of nitrogens with zero attached hydrogens (tertiary/aromatic N) is 1. The Kier molecular flexibility index (Phi) is 4.60. The van der Waals surface area contributed by atoms with Crippen LogP contribution < -0.4 is 10.2 Å². The van der Waals surface area contributed by atoms with Gasteiger partial charge in [-0.3, -0.25) is 0 Å². The number of rotatable bonds is 4. The van der Waals surface area contributed by atoms with Crippen molar-refractivity contribution in [3.05, 3.63) is 29.8 Å². The first kappa shape index (κ1) is 16.6. The van der Waals surface area contributed by atoms with E-state index < -0.39 is 21.5 Å². The SMILES string of the molecule is CS(=O)(=O)[C@@H]1CCC[C@H]1N[C@@H]1CCN(c2ccc(F)cc2F)C1. The molecule has 0 unspecified atom stereocenters. The molecule has 1 saturated carbocycles. The second kappa shape index (κ2) is 6.36. The molecule has 0 aromatic heterocycles. The normalized spacial score (nSPS) is 28.5. The van der Waals surface area contributed by atoms with Gasteiger partial charge in [0.05, 0.1) is 10.9 Å². The first-order chi connectivity index (χ1) is 10.8. The Morgan fingerprint density at radius 1 is 1.22 bits per heavy atom. The van der Waals surface area contributed by atoms with Crippen LogP contribution in [0.3, 0.4) is 0 Å². The second-order valence-corrected chi connectivity index (χ2v) is 8.86. The van der Waals surface area contributed by atoms with Crippen molar-refractivity contribution < 1.29 is 17.2 Å². The minimum atomic E-state index is -3.05. The van der Waals surface area contributed by atoms with Crippen LogP contribution in [0, 0.1) is 11.6 Å². The van der Waals surface area contributed by atoms with E-state index in [1.165, 1.54) is 18.4 Å². The van der Waals surface area contributed by atoms with E-state index >= 15 is 0 Å². The van der Waals surface area contributed by atoms with Crippen molar-refractivity contribution in [1.82, 2.24) is 5.32 Å². The van der Waals surface area contributed by atoms with Gasteiger partial charge in [0.2, 0.25) is 0 Å². The summed E-state index contributed by atoms with van der Waals surface area (Å²) in [4.78, 5) is 1.89. The Hall–Kier alpha value is -1.21. The largest absolute Gasteiger partial charge is 0.368 e. The zero-order chi connectivity index (χ0) is 16.6. The van der Waals surface area contributed by atoms with Crippen LogP contribution in [-0.2, 0) is 9.84 Å². The van der Waals surface area contributed by atoms with Crippen molar-refractivity contribution in [3.63, 3.8) is 0 Å². The molecule has 1 aliphatic heterocycles. The Balaban J connectivity index is 1.64. The molecule has 1 aliphatic carbocycles. The zero-order valence-corrected chi connectivity index (χ0v) is 14.0. The van der Waals surface area contributed by atoms with Gasteiger partial charge in [-0.05, 0) is 31.4 Å². The molecule has 0 amide bonds. The van der Waals surface area contributed by atoms with E-state index in [2.05, 4.69) is 5.32 Å². The third-order valence-corrected chi connectivity index (χ3v) is 6.56. The molecule has 1 heterocycles. The summed E-state index contributed by atoms with van der Waals surface area (Å²) in [7, 11) is -3.05. The molecule has 2 aliphatic rings. The van der Waals surface area contributed by atoms with Crippen LogP contribution in [0.5, 0.6) is 0 Å². The summed E-state index contributed by atoms with van der Waals surface area (Å²) in [6, 6.07) is 3.73. The molecule has 1 aromatic rings. The lowest BCUT2D eigenvalue weighted by atomic mass is 10.2. The fourth-order valence-corrected chi connectivity index (χ4v) is 5.19. The van der Waals surface area contributed by atoms with Crippen molar-refractivity contribution in [2.75, 3.05) is 24.2 Å². The highest BCUT2D eigenvalue weighted by Gasteiger charge is 2.37. The highest BCUT2D eigenvalue weighted by Crippen LogP contribution is 2.28. The number of hydrogen-bond donors (Lipinski definition) is 1. The molecule has 7 heteroatoms. The molecule has 1 N–H and O–H groups in total. The summed E-state index contributed by atoms with van der Waals surface area (Å²) in [6.45, 7) is 1.28. The maximum absolute atomic E-state index is 13.9. The fourth-order valence-electron chi connectivity index (χ4n) is 3.78. The summed E-state index contributed by atoms with van der Waals surface area (Å²) >= 11 is 0. The maximum Gasteiger partial charge on any atom is 0.151 e. The lowest BCUT2D eigenvalue weighted by Gasteiger charge is -2.24. The molecule has 2 fully saturated rings. The molecule has 0 radical (unpaired) electrons. The zero-order valence-electron chi connectivity index (χ0n) is 13.1. The Labute approximate surface area is 135 Å². The van der Waals surface area contributed by atoms with Crippen molar-refractivity contribution in [1.29, 1.82) is 0 Å². The summed E-state index contributed by atoms with van der Waals surface area (Å²) < 4.78 is 50.6. The van der Waals surface area contributed by atoms with Gasteiger partial charge >= 0.3 is 0 Å². The number of benzene rings is 1. The summed E-state index contributed by atoms with van der Waals surface area (Å²) in [5.41, 5.74) is 0.404. The van der Waals surface area contributed by atoms with Gasteiger partial charge in [-0.2, -0.15) is 0 Å². The van der Waals surface area contributed by atoms with Crippen LogP contribution in [0.2, 0.25) is 0 Å². The molecule has 3 rings (SSSR count). The average molecular weight is 344 g/mol. The average Bonchev–Trinajstić information content (AvgIpc) is 3.08. The minimum Gasteiger partial charge on any atom is -0.368 e. The quantitative estimate of drug-likeness (QED) is 0.909. The van der Waals surface area contributed by atoms with Crippen LogP contribution in [0.4, 0.5) is 14.5 Å². The molecular formula is C16H22F2N2O2S. The van der Waals surface area contributed by atoms with Gasteiger partial charge in [0, 0.05) is 37.5 Å². The lowest BCUT2D eigenvalue weighted by molar-refractivity contribution is 0.447. The van der Waals surface area contributed by atoms with E-state index in [1.807, 2.05) is 4.90 Å². The molecule has 4 nitrogen and oxygen atoms in total. The number of anilines is 1. The number of sulfone groups is 1. The van der Waals surface area contributed by atoms with E-state index in [4.69, 9.17) is 0 Å². The van der Waals surface area contributed by atoms with Gasteiger partial charge < -0.3 is 10.2 Å². The van der Waals surface area contributed by atoms with Crippen molar-refractivity contribution >= 4 is 15.5 Å². The number of halogens is 2. The van der Waals surface area contributed by atoms with Crippen LogP contribution in [0.25, 0.3) is 0 Å². The van der Waals surface area contributed by atoms with E-state index in [0.717, 1.165) is 25.3 Å². The molecule has 1 saturated heterocycles.